The van der Waals surface area contributed by atoms with Crippen LogP contribution in [0.1, 0.15) is 18.9 Å². The van der Waals surface area contributed by atoms with Gasteiger partial charge in [-0.15, -0.1) is 0 Å². The van der Waals surface area contributed by atoms with E-state index in [0.717, 1.165) is 23.0 Å². The average molecular weight is 305 g/mol. The molecule has 1 saturated heterocycles. The highest BCUT2D eigenvalue weighted by Gasteiger charge is 2.35. The van der Waals surface area contributed by atoms with Gasteiger partial charge in [0, 0.05) is 29.2 Å². The van der Waals surface area contributed by atoms with E-state index >= 15 is 0 Å². The molecular weight excluding hydrogens is 288 g/mol. The zero-order chi connectivity index (χ0) is 15.0. The van der Waals surface area contributed by atoms with Crippen LogP contribution in [0, 0.1) is 5.92 Å². The van der Waals surface area contributed by atoms with Gasteiger partial charge >= 0.3 is 5.97 Å². The Morgan fingerprint density at radius 3 is 3.00 bits per heavy atom. The quantitative estimate of drug-likeness (QED) is 0.946. The van der Waals surface area contributed by atoms with Crippen molar-refractivity contribution in [3.63, 3.8) is 0 Å². The van der Waals surface area contributed by atoms with Crippen LogP contribution < -0.4 is 0 Å². The molecule has 1 aromatic carbocycles. The summed E-state index contributed by atoms with van der Waals surface area (Å²) >= 11 is 6.21. The van der Waals surface area contributed by atoms with E-state index in [4.69, 9.17) is 11.6 Å². The summed E-state index contributed by atoms with van der Waals surface area (Å²) < 4.78 is 0. The van der Waals surface area contributed by atoms with Crippen molar-refractivity contribution in [3.05, 3.63) is 41.0 Å². The third-order valence-corrected chi connectivity index (χ3v) is 4.71. The standard InChI is InChI=1S/C16H17ClN2O2/c1-10-12(16(20)21)6-8-19(10)9-11-4-5-14(17)13-3-2-7-18-15(11)13/h2-5,7,10,12H,6,8-9H2,1H3,(H,20,21). The van der Waals surface area contributed by atoms with Gasteiger partial charge in [0.15, 0.2) is 0 Å². The lowest BCUT2D eigenvalue weighted by atomic mass is 10.0. The molecule has 0 saturated carbocycles. The number of pyridine rings is 1. The van der Waals surface area contributed by atoms with Gasteiger partial charge in [-0.1, -0.05) is 17.7 Å². The second kappa shape index (κ2) is 5.62. The van der Waals surface area contributed by atoms with E-state index in [1.165, 1.54) is 0 Å². The van der Waals surface area contributed by atoms with E-state index in [1.54, 1.807) is 6.20 Å². The van der Waals surface area contributed by atoms with Crippen LogP contribution >= 0.6 is 11.6 Å². The minimum absolute atomic E-state index is 0.0388. The van der Waals surface area contributed by atoms with Crippen molar-refractivity contribution in [1.82, 2.24) is 9.88 Å². The summed E-state index contributed by atoms with van der Waals surface area (Å²) in [7, 11) is 0. The van der Waals surface area contributed by atoms with E-state index in [2.05, 4.69) is 9.88 Å². The van der Waals surface area contributed by atoms with Crippen LogP contribution in [-0.4, -0.2) is 33.5 Å². The minimum atomic E-state index is -0.705. The molecule has 4 nitrogen and oxygen atoms in total. The monoisotopic (exact) mass is 304 g/mol. The Hall–Kier alpha value is -1.65. The highest BCUT2D eigenvalue weighted by Crippen LogP contribution is 2.29. The SMILES string of the molecule is CC1C(C(=O)O)CCN1Cc1ccc(Cl)c2cccnc12. The third kappa shape index (κ3) is 2.61. The zero-order valence-electron chi connectivity index (χ0n) is 11.8. The lowest BCUT2D eigenvalue weighted by molar-refractivity contribution is -0.142. The minimum Gasteiger partial charge on any atom is -0.481 e. The highest BCUT2D eigenvalue weighted by molar-refractivity contribution is 6.35. The lowest BCUT2D eigenvalue weighted by Gasteiger charge is -2.23. The molecule has 0 bridgehead atoms. The van der Waals surface area contributed by atoms with Gasteiger partial charge in [0.1, 0.15) is 0 Å². The number of fused-ring (bicyclic) bond motifs is 1. The fourth-order valence-electron chi connectivity index (χ4n) is 3.10. The van der Waals surface area contributed by atoms with Crippen LogP contribution in [0.25, 0.3) is 10.9 Å². The van der Waals surface area contributed by atoms with E-state index in [-0.39, 0.29) is 12.0 Å². The number of rotatable bonds is 3. The maximum Gasteiger partial charge on any atom is 0.308 e. The molecule has 2 atom stereocenters. The Kier molecular flexibility index (Phi) is 3.83. The third-order valence-electron chi connectivity index (χ3n) is 4.38. The number of hydrogen-bond donors (Lipinski definition) is 1. The molecule has 1 fully saturated rings. The molecular formula is C16H17ClN2O2. The summed E-state index contributed by atoms with van der Waals surface area (Å²) in [5.74, 6) is -0.986. The Morgan fingerprint density at radius 2 is 2.29 bits per heavy atom. The molecule has 2 heterocycles. The zero-order valence-corrected chi connectivity index (χ0v) is 12.5. The normalized spacial score (nSPS) is 22.8. The van der Waals surface area contributed by atoms with Crippen LogP contribution in [0.4, 0.5) is 0 Å². The number of carboxylic acids is 1. The molecule has 2 unspecified atom stereocenters. The van der Waals surface area contributed by atoms with Crippen LogP contribution in [0.3, 0.4) is 0 Å². The molecule has 0 amide bonds. The van der Waals surface area contributed by atoms with Crippen molar-refractivity contribution in [2.75, 3.05) is 6.54 Å². The number of benzene rings is 1. The first-order valence-corrected chi connectivity index (χ1v) is 7.44. The first kappa shape index (κ1) is 14.3. The van der Waals surface area contributed by atoms with Gasteiger partial charge < -0.3 is 5.11 Å². The molecule has 3 rings (SSSR count). The van der Waals surface area contributed by atoms with Crippen LogP contribution in [-0.2, 0) is 11.3 Å². The number of hydrogen-bond acceptors (Lipinski definition) is 3. The highest BCUT2D eigenvalue weighted by atomic mass is 35.5. The fourth-order valence-corrected chi connectivity index (χ4v) is 3.32. The molecule has 21 heavy (non-hydrogen) atoms. The first-order chi connectivity index (χ1) is 10.1. The molecule has 0 radical (unpaired) electrons. The first-order valence-electron chi connectivity index (χ1n) is 7.07. The van der Waals surface area contributed by atoms with Gasteiger partial charge in [0.25, 0.3) is 0 Å². The molecule has 5 heteroatoms. The molecule has 0 spiro atoms. The number of carboxylic acid groups (broad SMARTS) is 1. The number of likely N-dealkylation sites (tertiary alicyclic amines) is 1. The number of nitrogens with zero attached hydrogens (tertiary/aromatic N) is 2. The molecule has 110 valence electrons. The smallest absolute Gasteiger partial charge is 0.308 e. The Balaban J connectivity index is 1.90. The maximum atomic E-state index is 11.2. The number of carbonyl (C=O) groups is 1. The van der Waals surface area contributed by atoms with Crippen LogP contribution in [0.15, 0.2) is 30.5 Å². The Labute approximate surface area is 128 Å². The van der Waals surface area contributed by atoms with Crippen molar-refractivity contribution >= 4 is 28.5 Å². The predicted molar refractivity (Wildman–Crippen MR) is 82.4 cm³/mol. The molecule has 1 N–H and O–H groups in total. The van der Waals surface area contributed by atoms with Gasteiger partial charge in [-0.25, -0.2) is 0 Å². The predicted octanol–water partition coefficient (Wildman–Crippen LogP) is 3.18. The second-order valence-electron chi connectivity index (χ2n) is 5.55. The summed E-state index contributed by atoms with van der Waals surface area (Å²) in [5.41, 5.74) is 1.99. The number of halogens is 1. The van der Waals surface area contributed by atoms with E-state index < -0.39 is 5.97 Å². The Bertz CT molecular complexity index is 689. The molecule has 1 aliphatic heterocycles. The van der Waals surface area contributed by atoms with E-state index in [9.17, 15) is 9.90 Å². The summed E-state index contributed by atoms with van der Waals surface area (Å²) in [6.07, 6.45) is 2.46. The van der Waals surface area contributed by atoms with E-state index in [1.807, 2.05) is 31.2 Å². The summed E-state index contributed by atoms with van der Waals surface area (Å²) in [6, 6.07) is 7.74. The van der Waals surface area contributed by atoms with Crippen molar-refractivity contribution in [2.24, 2.45) is 5.92 Å². The number of aliphatic carboxylic acids is 1. The van der Waals surface area contributed by atoms with Crippen molar-refractivity contribution in [3.8, 4) is 0 Å². The van der Waals surface area contributed by atoms with Crippen LogP contribution in [0.5, 0.6) is 0 Å². The van der Waals surface area contributed by atoms with Crippen LogP contribution in [0.2, 0.25) is 5.02 Å². The number of aromatic nitrogens is 1. The van der Waals surface area contributed by atoms with Gasteiger partial charge in [-0.3, -0.25) is 14.7 Å². The molecule has 2 aromatic rings. The van der Waals surface area contributed by atoms with Crippen molar-refractivity contribution in [2.45, 2.75) is 25.9 Å². The van der Waals surface area contributed by atoms with Crippen molar-refractivity contribution in [1.29, 1.82) is 0 Å². The summed E-state index contributed by atoms with van der Waals surface area (Å²) in [5, 5.41) is 10.9. The van der Waals surface area contributed by atoms with Crippen molar-refractivity contribution < 1.29 is 9.90 Å². The van der Waals surface area contributed by atoms with Gasteiger partial charge in [0.05, 0.1) is 11.4 Å². The molecule has 1 aliphatic rings. The lowest BCUT2D eigenvalue weighted by Crippen LogP contribution is -2.32. The molecule has 0 aliphatic carbocycles. The Morgan fingerprint density at radius 1 is 1.48 bits per heavy atom. The summed E-state index contributed by atoms with van der Waals surface area (Å²) in [4.78, 5) is 17.9. The van der Waals surface area contributed by atoms with Gasteiger partial charge in [-0.2, -0.15) is 0 Å². The van der Waals surface area contributed by atoms with E-state index in [0.29, 0.717) is 18.0 Å². The maximum absolute atomic E-state index is 11.2. The fraction of sp³-hybridized carbons (Fsp3) is 0.375. The second-order valence-corrected chi connectivity index (χ2v) is 5.96. The summed E-state index contributed by atoms with van der Waals surface area (Å²) in [6.45, 7) is 3.49. The average Bonchev–Trinajstić information content (AvgIpc) is 2.84. The largest absolute Gasteiger partial charge is 0.481 e. The van der Waals surface area contributed by atoms with Gasteiger partial charge in [0.2, 0.25) is 0 Å². The van der Waals surface area contributed by atoms with Gasteiger partial charge in [-0.05, 0) is 43.7 Å². The topological polar surface area (TPSA) is 53.4 Å². The molecule has 1 aromatic heterocycles.